The summed E-state index contributed by atoms with van der Waals surface area (Å²) < 4.78 is 19.5. The molecule has 0 aromatic rings. The van der Waals surface area contributed by atoms with Gasteiger partial charge in [-0.2, -0.15) is 0 Å². The van der Waals surface area contributed by atoms with E-state index >= 15 is 0 Å². The van der Waals surface area contributed by atoms with Crippen LogP contribution < -0.4 is 5.14 Å². The Kier molecular flexibility index (Phi) is 1.74. The Morgan fingerprint density at radius 3 is 1.86 bits per heavy atom. The average Bonchev–Trinajstić information content (AvgIpc) is 1.31. The molecular weight excluding hydrogens is 118 g/mol. The van der Waals surface area contributed by atoms with E-state index in [0.29, 0.717) is 0 Å². The number of rotatable bonds is 1. The van der Waals surface area contributed by atoms with Crippen molar-refractivity contribution >= 4 is 10.0 Å². The van der Waals surface area contributed by atoms with E-state index in [1.807, 2.05) is 0 Å². The van der Waals surface area contributed by atoms with Gasteiger partial charge in [-0.3, -0.25) is 0 Å². The molecule has 1 radical (unpaired) electrons. The normalized spacial score (nSPS) is 16.4. The molecule has 2 N–H and O–H groups in total. The number of sulfonamides is 1. The Morgan fingerprint density at radius 1 is 1.71 bits per heavy atom. The number of hydrogen-bond acceptors (Lipinski definition) is 3. The van der Waals surface area contributed by atoms with Crippen LogP contribution in [0.15, 0.2) is 0 Å². The van der Waals surface area contributed by atoms with E-state index in [4.69, 9.17) is 10.2 Å². The van der Waals surface area contributed by atoms with E-state index in [0.717, 1.165) is 6.92 Å². The van der Waals surface area contributed by atoms with E-state index in [9.17, 15) is 8.42 Å². The highest BCUT2D eigenvalue weighted by Gasteiger charge is 2.09. The Labute approximate surface area is 42.0 Å². The molecule has 1 unspecified atom stereocenters. The monoisotopic (exact) mass is 124 g/mol. The van der Waals surface area contributed by atoms with E-state index in [-0.39, 0.29) is 0 Å². The summed E-state index contributed by atoms with van der Waals surface area (Å²) >= 11 is 0. The summed E-state index contributed by atoms with van der Waals surface area (Å²) in [5.74, 6) is 0. The lowest BCUT2D eigenvalue weighted by atomic mass is 10.9. The quantitative estimate of drug-likeness (QED) is 0.483. The maximum absolute atomic E-state index is 9.75. The summed E-state index contributed by atoms with van der Waals surface area (Å²) in [4.78, 5) is 0. The molecule has 43 valence electrons. The fourth-order valence-corrected chi connectivity index (χ4v) is 0. The topological polar surface area (TPSA) is 78.2 Å². The standard InChI is InChI=1S/C2H6NO3S/c1-2(4)7(3,5)6/h2-4H,1H3. The molecule has 0 aromatic heterocycles. The fourth-order valence-electron chi connectivity index (χ4n) is 0. The van der Waals surface area contributed by atoms with Crippen molar-refractivity contribution in [2.75, 3.05) is 0 Å². The van der Waals surface area contributed by atoms with Crippen LogP contribution in [0.25, 0.3) is 0 Å². The predicted octanol–water partition coefficient (Wildman–Crippen LogP) is -1.06. The van der Waals surface area contributed by atoms with Crippen molar-refractivity contribution in [3.05, 3.63) is 0 Å². The first-order valence-electron chi connectivity index (χ1n) is 1.61. The Bertz CT molecular complexity index is 135. The first-order valence-corrected chi connectivity index (χ1v) is 3.16. The van der Waals surface area contributed by atoms with Crippen molar-refractivity contribution in [3.63, 3.8) is 0 Å². The maximum Gasteiger partial charge on any atom is 0.251 e. The van der Waals surface area contributed by atoms with Gasteiger partial charge in [-0.05, 0) is 6.92 Å². The molecule has 4 nitrogen and oxygen atoms in total. The van der Waals surface area contributed by atoms with Crippen LogP contribution in [0.1, 0.15) is 6.92 Å². The van der Waals surface area contributed by atoms with Crippen molar-refractivity contribution < 1.29 is 13.5 Å². The lowest BCUT2D eigenvalue weighted by molar-refractivity contribution is 0.268. The second-order valence-electron chi connectivity index (χ2n) is 1.14. The van der Waals surface area contributed by atoms with Crippen molar-refractivity contribution in [2.24, 2.45) is 0 Å². The summed E-state index contributed by atoms with van der Waals surface area (Å²) in [6, 6.07) is 0. The Morgan fingerprint density at radius 2 is 1.86 bits per heavy atom. The van der Waals surface area contributed by atoms with Crippen LogP contribution in [0, 0.1) is 0 Å². The first kappa shape index (κ1) is 6.87. The smallest absolute Gasteiger partial charge is 0.251 e. The Hall–Kier alpha value is -0.130. The summed E-state index contributed by atoms with van der Waals surface area (Å²) in [6.45, 7) is 1.03. The molecule has 0 spiro atoms. The molecule has 0 bridgehead atoms. The highest BCUT2D eigenvalue weighted by atomic mass is 32.2. The summed E-state index contributed by atoms with van der Waals surface area (Å²) in [6.07, 6.45) is 0. The third-order valence-corrected chi connectivity index (χ3v) is 1.35. The largest absolute Gasteiger partial charge is 0.376 e. The number of aliphatic hydroxyl groups is 1. The van der Waals surface area contributed by atoms with Gasteiger partial charge in [0.2, 0.25) is 0 Å². The zero-order valence-electron chi connectivity index (χ0n) is 3.75. The molecule has 0 amide bonds. The van der Waals surface area contributed by atoms with Crippen LogP contribution in [0.3, 0.4) is 0 Å². The SMILES string of the molecule is CC(O)S([NH])(=O)=O. The lowest BCUT2D eigenvalue weighted by Crippen LogP contribution is -2.16. The molecule has 0 rings (SSSR count). The van der Waals surface area contributed by atoms with Gasteiger partial charge >= 0.3 is 0 Å². The van der Waals surface area contributed by atoms with Crippen LogP contribution in [-0.2, 0) is 10.0 Å². The van der Waals surface area contributed by atoms with Gasteiger partial charge in [0, 0.05) is 0 Å². The van der Waals surface area contributed by atoms with Crippen LogP contribution in [0.2, 0.25) is 0 Å². The number of aliphatic hydroxyl groups excluding tert-OH is 1. The minimum Gasteiger partial charge on any atom is -0.376 e. The number of hydrogen-bond donors (Lipinski definition) is 1. The minimum absolute atomic E-state index is 1.03. The second kappa shape index (κ2) is 1.77. The van der Waals surface area contributed by atoms with Gasteiger partial charge in [-0.25, -0.2) is 8.42 Å². The van der Waals surface area contributed by atoms with Gasteiger partial charge in [0.05, 0.1) is 0 Å². The third-order valence-electron chi connectivity index (χ3n) is 0.449. The van der Waals surface area contributed by atoms with Gasteiger partial charge in [0.15, 0.2) is 5.44 Å². The van der Waals surface area contributed by atoms with E-state index in [2.05, 4.69) is 0 Å². The van der Waals surface area contributed by atoms with Crippen molar-refractivity contribution in [2.45, 2.75) is 12.4 Å². The van der Waals surface area contributed by atoms with Crippen LogP contribution in [0.4, 0.5) is 0 Å². The lowest BCUT2D eigenvalue weighted by Gasteiger charge is -1.94. The van der Waals surface area contributed by atoms with Gasteiger partial charge in [-0.1, -0.05) is 0 Å². The molecule has 0 aliphatic rings. The van der Waals surface area contributed by atoms with Crippen LogP contribution in [-0.4, -0.2) is 19.0 Å². The Balaban J connectivity index is 4.10. The van der Waals surface area contributed by atoms with Gasteiger partial charge in [0.1, 0.15) is 0 Å². The molecule has 0 aliphatic heterocycles. The molecule has 0 fully saturated rings. The summed E-state index contributed by atoms with van der Waals surface area (Å²) in [5, 5.41) is 14.2. The third kappa shape index (κ3) is 2.55. The molecule has 1 atom stereocenters. The highest BCUT2D eigenvalue weighted by molar-refractivity contribution is 7.89. The molecule has 0 saturated carbocycles. The molecule has 0 saturated heterocycles. The highest BCUT2D eigenvalue weighted by Crippen LogP contribution is 1.86. The van der Waals surface area contributed by atoms with E-state index in [1.165, 1.54) is 0 Å². The van der Waals surface area contributed by atoms with Crippen molar-refractivity contribution in [1.29, 1.82) is 0 Å². The van der Waals surface area contributed by atoms with E-state index < -0.39 is 15.5 Å². The molecule has 0 aliphatic carbocycles. The van der Waals surface area contributed by atoms with Crippen molar-refractivity contribution in [3.8, 4) is 0 Å². The first-order chi connectivity index (χ1) is 2.94. The summed E-state index contributed by atoms with van der Waals surface area (Å²) in [5.41, 5.74) is -1.56. The predicted molar refractivity (Wildman–Crippen MR) is 23.7 cm³/mol. The van der Waals surface area contributed by atoms with Crippen molar-refractivity contribution in [1.82, 2.24) is 5.14 Å². The van der Waals surface area contributed by atoms with Crippen LogP contribution in [0.5, 0.6) is 0 Å². The van der Waals surface area contributed by atoms with Gasteiger partial charge in [0.25, 0.3) is 10.0 Å². The second-order valence-corrected chi connectivity index (χ2v) is 2.92. The average molecular weight is 124 g/mol. The van der Waals surface area contributed by atoms with E-state index in [1.54, 1.807) is 0 Å². The summed E-state index contributed by atoms with van der Waals surface area (Å²) in [7, 11) is -3.94. The maximum atomic E-state index is 9.75. The van der Waals surface area contributed by atoms with Gasteiger partial charge < -0.3 is 5.11 Å². The zero-order valence-corrected chi connectivity index (χ0v) is 4.57. The molecule has 0 aromatic carbocycles. The molecule has 0 heterocycles. The van der Waals surface area contributed by atoms with Gasteiger partial charge in [-0.15, -0.1) is 5.14 Å². The van der Waals surface area contributed by atoms with Crippen LogP contribution >= 0.6 is 0 Å². The molecule has 5 heteroatoms. The zero-order chi connectivity index (χ0) is 6.08. The molecular formula is C2H6NO3S. The minimum atomic E-state index is -3.94. The fraction of sp³-hybridized carbons (Fsp3) is 1.00. The molecule has 7 heavy (non-hydrogen) atoms. The number of nitrogens with one attached hydrogen (secondary N) is 1.